The second kappa shape index (κ2) is 9.46. The van der Waals surface area contributed by atoms with E-state index in [0.717, 1.165) is 5.69 Å². The van der Waals surface area contributed by atoms with E-state index >= 15 is 0 Å². The van der Waals surface area contributed by atoms with Crippen LogP contribution in [0.5, 0.6) is 5.75 Å². The third-order valence-corrected chi connectivity index (χ3v) is 3.46. The number of para-hydroxylation sites is 2. The van der Waals surface area contributed by atoms with Gasteiger partial charge < -0.3 is 20.7 Å². The van der Waals surface area contributed by atoms with Gasteiger partial charge in [0.15, 0.2) is 0 Å². The summed E-state index contributed by atoms with van der Waals surface area (Å²) < 4.78 is 5.69. The lowest BCUT2D eigenvalue weighted by Gasteiger charge is -2.15. The van der Waals surface area contributed by atoms with E-state index < -0.39 is 0 Å². The Morgan fingerprint density at radius 2 is 1.73 bits per heavy atom. The third kappa shape index (κ3) is 5.81. The van der Waals surface area contributed by atoms with Crippen LogP contribution in [0.3, 0.4) is 0 Å². The Morgan fingerprint density at radius 1 is 1.04 bits per heavy atom. The first-order valence-electron chi connectivity index (χ1n) is 8.67. The summed E-state index contributed by atoms with van der Waals surface area (Å²) in [5, 5.41) is 8.62. The number of nitrogens with one attached hydrogen (secondary N) is 3. The van der Waals surface area contributed by atoms with Gasteiger partial charge in [-0.25, -0.2) is 0 Å². The Morgan fingerprint density at radius 3 is 2.38 bits per heavy atom. The highest BCUT2D eigenvalue weighted by atomic mass is 16.5. The lowest BCUT2D eigenvalue weighted by Crippen LogP contribution is -2.23. The number of anilines is 2. The molecule has 138 valence electrons. The summed E-state index contributed by atoms with van der Waals surface area (Å²) in [4.78, 5) is 23.9. The first kappa shape index (κ1) is 19.3. The lowest BCUT2D eigenvalue weighted by molar-refractivity contribution is -0.114. The summed E-state index contributed by atoms with van der Waals surface area (Å²) in [5.41, 5.74) is 1.99. The fourth-order valence-electron chi connectivity index (χ4n) is 2.31. The number of carbonyl (C=O) groups excluding carboxylic acids is 2. The number of benzene rings is 2. The SMILES string of the molecule is CCNC(=O)c1ccc(NCC(=O)Nc2ccccc2OC(C)C)cc1. The van der Waals surface area contributed by atoms with Crippen molar-refractivity contribution in [2.45, 2.75) is 26.9 Å². The molecule has 0 heterocycles. The van der Waals surface area contributed by atoms with E-state index in [1.165, 1.54) is 0 Å². The minimum absolute atomic E-state index is 0.0228. The fourth-order valence-corrected chi connectivity index (χ4v) is 2.31. The summed E-state index contributed by atoms with van der Waals surface area (Å²) in [6.45, 7) is 6.43. The van der Waals surface area contributed by atoms with Crippen molar-refractivity contribution in [1.29, 1.82) is 0 Å². The van der Waals surface area contributed by atoms with Crippen LogP contribution in [0, 0.1) is 0 Å². The molecule has 0 aliphatic carbocycles. The quantitative estimate of drug-likeness (QED) is 0.679. The average molecular weight is 355 g/mol. The number of amides is 2. The molecule has 0 atom stereocenters. The number of hydrogen-bond acceptors (Lipinski definition) is 4. The Kier molecular flexibility index (Phi) is 7.02. The highest BCUT2D eigenvalue weighted by molar-refractivity contribution is 5.96. The Bertz CT molecular complexity index is 742. The molecule has 0 saturated heterocycles. The standard InChI is InChI=1S/C20H25N3O3/c1-4-21-20(25)15-9-11-16(12-10-15)22-13-19(24)23-17-7-5-6-8-18(17)26-14(2)3/h5-12,14,22H,4,13H2,1-3H3,(H,21,25)(H,23,24). The van der Waals surface area contributed by atoms with Gasteiger partial charge in [-0.15, -0.1) is 0 Å². The second-order valence-corrected chi connectivity index (χ2v) is 6.00. The molecule has 6 nitrogen and oxygen atoms in total. The second-order valence-electron chi connectivity index (χ2n) is 6.00. The summed E-state index contributed by atoms with van der Waals surface area (Å²) in [6, 6.07) is 14.3. The third-order valence-electron chi connectivity index (χ3n) is 3.46. The first-order valence-corrected chi connectivity index (χ1v) is 8.67. The monoisotopic (exact) mass is 355 g/mol. The average Bonchev–Trinajstić information content (AvgIpc) is 2.62. The van der Waals surface area contributed by atoms with E-state index in [9.17, 15) is 9.59 Å². The molecule has 3 N–H and O–H groups in total. The van der Waals surface area contributed by atoms with Crippen LogP contribution in [0.15, 0.2) is 48.5 Å². The maximum Gasteiger partial charge on any atom is 0.251 e. The van der Waals surface area contributed by atoms with Crippen molar-refractivity contribution in [2.24, 2.45) is 0 Å². The number of ether oxygens (including phenoxy) is 1. The summed E-state index contributed by atoms with van der Waals surface area (Å²) >= 11 is 0. The zero-order valence-corrected chi connectivity index (χ0v) is 15.3. The van der Waals surface area contributed by atoms with Gasteiger partial charge in [-0.2, -0.15) is 0 Å². The van der Waals surface area contributed by atoms with Crippen molar-refractivity contribution in [1.82, 2.24) is 5.32 Å². The molecule has 26 heavy (non-hydrogen) atoms. The van der Waals surface area contributed by atoms with Gasteiger partial charge in [0.25, 0.3) is 5.91 Å². The molecule has 0 unspecified atom stereocenters. The normalized spacial score (nSPS) is 10.3. The van der Waals surface area contributed by atoms with Gasteiger partial charge in [0.2, 0.25) is 5.91 Å². The van der Waals surface area contributed by atoms with E-state index in [2.05, 4.69) is 16.0 Å². The Hall–Kier alpha value is -3.02. The van der Waals surface area contributed by atoms with Crippen LogP contribution < -0.4 is 20.7 Å². The highest BCUT2D eigenvalue weighted by Crippen LogP contribution is 2.24. The molecular formula is C20H25N3O3. The molecule has 0 aromatic heterocycles. The molecule has 0 radical (unpaired) electrons. The molecule has 2 aromatic carbocycles. The van der Waals surface area contributed by atoms with Crippen LogP contribution in [0.4, 0.5) is 11.4 Å². The minimum atomic E-state index is -0.183. The van der Waals surface area contributed by atoms with Gasteiger partial charge in [0, 0.05) is 17.8 Å². The van der Waals surface area contributed by atoms with Crippen LogP contribution in [0.1, 0.15) is 31.1 Å². The molecule has 0 bridgehead atoms. The molecule has 0 aliphatic heterocycles. The molecule has 2 amide bonds. The Labute approximate surface area is 153 Å². The van der Waals surface area contributed by atoms with Gasteiger partial charge in [-0.05, 0) is 57.2 Å². The van der Waals surface area contributed by atoms with E-state index in [4.69, 9.17) is 4.74 Å². The molecule has 0 spiro atoms. The highest BCUT2D eigenvalue weighted by Gasteiger charge is 2.09. The molecule has 0 aliphatic rings. The van der Waals surface area contributed by atoms with E-state index in [-0.39, 0.29) is 24.5 Å². The van der Waals surface area contributed by atoms with Crippen molar-refractivity contribution < 1.29 is 14.3 Å². The van der Waals surface area contributed by atoms with Crippen LogP contribution in [-0.2, 0) is 4.79 Å². The predicted octanol–water partition coefficient (Wildman–Crippen LogP) is 3.27. The molecule has 6 heteroatoms. The molecule has 0 fully saturated rings. The van der Waals surface area contributed by atoms with Crippen LogP contribution in [0.2, 0.25) is 0 Å². The van der Waals surface area contributed by atoms with E-state index in [1.54, 1.807) is 30.3 Å². The molecule has 0 saturated carbocycles. The largest absolute Gasteiger partial charge is 0.489 e. The van der Waals surface area contributed by atoms with Gasteiger partial charge in [0.05, 0.1) is 18.3 Å². The zero-order valence-electron chi connectivity index (χ0n) is 15.3. The maximum atomic E-state index is 12.2. The van der Waals surface area contributed by atoms with Crippen molar-refractivity contribution >= 4 is 23.2 Å². The van der Waals surface area contributed by atoms with Crippen molar-refractivity contribution in [3.63, 3.8) is 0 Å². The summed E-state index contributed by atoms with van der Waals surface area (Å²) in [6.07, 6.45) is 0.0228. The van der Waals surface area contributed by atoms with E-state index in [1.807, 2.05) is 39.0 Å². The lowest BCUT2D eigenvalue weighted by atomic mass is 10.2. The van der Waals surface area contributed by atoms with E-state index in [0.29, 0.717) is 23.5 Å². The molecule has 2 rings (SSSR count). The molecule has 2 aromatic rings. The van der Waals surface area contributed by atoms with Crippen LogP contribution in [-0.4, -0.2) is 31.0 Å². The Balaban J connectivity index is 1.90. The number of hydrogen-bond donors (Lipinski definition) is 3. The van der Waals surface area contributed by atoms with Crippen LogP contribution in [0.25, 0.3) is 0 Å². The van der Waals surface area contributed by atoms with Crippen molar-refractivity contribution in [2.75, 3.05) is 23.7 Å². The fraction of sp³-hybridized carbons (Fsp3) is 0.300. The smallest absolute Gasteiger partial charge is 0.251 e. The zero-order chi connectivity index (χ0) is 18.9. The summed E-state index contributed by atoms with van der Waals surface area (Å²) in [5.74, 6) is 0.346. The number of carbonyl (C=O) groups is 2. The van der Waals surface area contributed by atoms with Gasteiger partial charge >= 0.3 is 0 Å². The van der Waals surface area contributed by atoms with Crippen molar-refractivity contribution in [3.8, 4) is 5.75 Å². The molecular weight excluding hydrogens is 330 g/mol. The van der Waals surface area contributed by atoms with Gasteiger partial charge in [-0.1, -0.05) is 12.1 Å². The summed E-state index contributed by atoms with van der Waals surface area (Å²) in [7, 11) is 0. The van der Waals surface area contributed by atoms with Crippen molar-refractivity contribution in [3.05, 3.63) is 54.1 Å². The van der Waals surface area contributed by atoms with Gasteiger partial charge in [0.1, 0.15) is 5.75 Å². The predicted molar refractivity (Wildman–Crippen MR) is 104 cm³/mol. The van der Waals surface area contributed by atoms with Crippen LogP contribution >= 0.6 is 0 Å². The minimum Gasteiger partial charge on any atom is -0.489 e. The topological polar surface area (TPSA) is 79.5 Å². The van der Waals surface area contributed by atoms with Gasteiger partial charge in [-0.3, -0.25) is 9.59 Å². The first-order chi connectivity index (χ1) is 12.5. The maximum absolute atomic E-state index is 12.2. The number of rotatable bonds is 8.